The minimum Gasteiger partial charge on any atom is -0.486 e. The number of hydrogen-bond donors (Lipinski definition) is 1. The summed E-state index contributed by atoms with van der Waals surface area (Å²) in [5.41, 5.74) is 1.53. The van der Waals surface area contributed by atoms with Gasteiger partial charge in [0.1, 0.15) is 30.7 Å². The SMILES string of the molecule is Fc1cccc(F)c1CNc1ccc(-c2cc3c(cc2Cl)OCCO3)cn1. The van der Waals surface area contributed by atoms with Crippen LogP contribution in [0.25, 0.3) is 11.1 Å². The summed E-state index contributed by atoms with van der Waals surface area (Å²) in [6, 6.07) is 10.9. The lowest BCUT2D eigenvalue weighted by Crippen LogP contribution is -2.15. The van der Waals surface area contributed by atoms with Crippen LogP contribution in [0, 0.1) is 11.6 Å². The van der Waals surface area contributed by atoms with Gasteiger partial charge in [-0.15, -0.1) is 0 Å². The van der Waals surface area contributed by atoms with E-state index in [0.717, 1.165) is 11.1 Å². The zero-order chi connectivity index (χ0) is 18.8. The molecule has 1 aromatic heterocycles. The number of pyridine rings is 1. The summed E-state index contributed by atoms with van der Waals surface area (Å²) in [5.74, 6) is 0.561. The maximum absolute atomic E-state index is 13.7. The third-order valence-electron chi connectivity index (χ3n) is 4.21. The van der Waals surface area contributed by atoms with E-state index in [9.17, 15) is 8.78 Å². The van der Waals surface area contributed by atoms with Crippen molar-refractivity contribution in [3.63, 3.8) is 0 Å². The Balaban J connectivity index is 1.53. The molecule has 3 aromatic rings. The first-order valence-electron chi connectivity index (χ1n) is 8.34. The van der Waals surface area contributed by atoms with Crippen LogP contribution < -0.4 is 14.8 Å². The Bertz CT molecular complexity index is 960. The normalized spacial score (nSPS) is 12.7. The van der Waals surface area contributed by atoms with Gasteiger partial charge in [-0.1, -0.05) is 17.7 Å². The molecule has 0 saturated heterocycles. The number of nitrogens with one attached hydrogen (secondary N) is 1. The van der Waals surface area contributed by atoms with E-state index in [-0.39, 0.29) is 12.1 Å². The Hall–Kier alpha value is -2.86. The Kier molecular flexibility index (Phi) is 4.81. The number of benzene rings is 2. The van der Waals surface area contributed by atoms with Gasteiger partial charge in [-0.25, -0.2) is 13.8 Å². The van der Waals surface area contributed by atoms with E-state index in [4.69, 9.17) is 21.1 Å². The van der Waals surface area contributed by atoms with Crippen LogP contribution in [0.1, 0.15) is 5.56 Å². The molecule has 4 nitrogen and oxygen atoms in total. The van der Waals surface area contributed by atoms with Gasteiger partial charge in [-0.2, -0.15) is 0 Å². The number of nitrogens with zero attached hydrogens (tertiary/aromatic N) is 1. The molecule has 138 valence electrons. The topological polar surface area (TPSA) is 43.4 Å². The van der Waals surface area contributed by atoms with Crippen molar-refractivity contribution in [2.75, 3.05) is 18.5 Å². The van der Waals surface area contributed by atoms with Crippen molar-refractivity contribution >= 4 is 17.4 Å². The quantitative estimate of drug-likeness (QED) is 0.678. The van der Waals surface area contributed by atoms with Crippen molar-refractivity contribution in [1.29, 1.82) is 0 Å². The van der Waals surface area contributed by atoms with Crippen molar-refractivity contribution in [3.05, 3.63) is 70.9 Å². The van der Waals surface area contributed by atoms with Crippen molar-refractivity contribution < 1.29 is 18.3 Å². The fourth-order valence-electron chi connectivity index (χ4n) is 2.82. The molecule has 1 aliphatic rings. The average molecular weight is 389 g/mol. The van der Waals surface area contributed by atoms with Crippen LogP contribution in [0.2, 0.25) is 5.02 Å². The van der Waals surface area contributed by atoms with E-state index in [0.29, 0.717) is 35.6 Å². The zero-order valence-corrected chi connectivity index (χ0v) is 14.9. The van der Waals surface area contributed by atoms with Gasteiger partial charge in [0.2, 0.25) is 0 Å². The number of fused-ring (bicyclic) bond motifs is 1. The molecular weight excluding hydrogens is 374 g/mol. The van der Waals surface area contributed by atoms with E-state index in [1.165, 1.54) is 18.2 Å². The van der Waals surface area contributed by atoms with Crippen LogP contribution in [0.3, 0.4) is 0 Å². The Morgan fingerprint density at radius 3 is 2.37 bits per heavy atom. The summed E-state index contributed by atoms with van der Waals surface area (Å²) in [6.07, 6.45) is 1.64. The van der Waals surface area contributed by atoms with E-state index >= 15 is 0 Å². The number of anilines is 1. The molecule has 0 unspecified atom stereocenters. The highest BCUT2D eigenvalue weighted by molar-refractivity contribution is 6.33. The molecule has 0 radical (unpaired) electrons. The number of hydrogen-bond acceptors (Lipinski definition) is 4. The maximum atomic E-state index is 13.7. The maximum Gasteiger partial charge on any atom is 0.162 e. The highest BCUT2D eigenvalue weighted by Gasteiger charge is 2.16. The molecule has 7 heteroatoms. The van der Waals surface area contributed by atoms with Crippen LogP contribution in [-0.4, -0.2) is 18.2 Å². The first-order valence-corrected chi connectivity index (χ1v) is 8.72. The van der Waals surface area contributed by atoms with Gasteiger partial charge in [-0.3, -0.25) is 0 Å². The molecule has 0 spiro atoms. The van der Waals surface area contributed by atoms with Gasteiger partial charge >= 0.3 is 0 Å². The second-order valence-electron chi connectivity index (χ2n) is 5.96. The number of aromatic nitrogens is 1. The van der Waals surface area contributed by atoms with Gasteiger partial charge in [0, 0.05) is 35.5 Å². The molecule has 0 saturated carbocycles. The van der Waals surface area contributed by atoms with Crippen molar-refractivity contribution in [2.24, 2.45) is 0 Å². The van der Waals surface area contributed by atoms with E-state index in [1.807, 2.05) is 12.1 Å². The lowest BCUT2D eigenvalue weighted by atomic mass is 10.1. The molecule has 4 rings (SSSR count). The highest BCUT2D eigenvalue weighted by atomic mass is 35.5. The number of ether oxygens (including phenoxy) is 2. The largest absolute Gasteiger partial charge is 0.486 e. The summed E-state index contributed by atoms with van der Waals surface area (Å²) in [4.78, 5) is 4.30. The van der Waals surface area contributed by atoms with Crippen LogP contribution in [0.4, 0.5) is 14.6 Å². The Morgan fingerprint density at radius 2 is 1.70 bits per heavy atom. The van der Waals surface area contributed by atoms with Gasteiger partial charge in [-0.05, 0) is 30.3 Å². The molecule has 2 aromatic carbocycles. The van der Waals surface area contributed by atoms with Crippen LogP contribution >= 0.6 is 11.6 Å². The van der Waals surface area contributed by atoms with Gasteiger partial charge in [0.05, 0.1) is 5.02 Å². The number of halogens is 3. The molecule has 2 heterocycles. The molecule has 0 bridgehead atoms. The molecule has 1 aliphatic heterocycles. The van der Waals surface area contributed by atoms with Gasteiger partial charge in [0.15, 0.2) is 11.5 Å². The van der Waals surface area contributed by atoms with Gasteiger partial charge < -0.3 is 14.8 Å². The van der Waals surface area contributed by atoms with Crippen LogP contribution in [-0.2, 0) is 6.54 Å². The molecule has 27 heavy (non-hydrogen) atoms. The summed E-state index contributed by atoms with van der Waals surface area (Å²) in [7, 11) is 0. The second kappa shape index (κ2) is 7.40. The summed E-state index contributed by atoms with van der Waals surface area (Å²) < 4.78 is 38.5. The predicted octanol–water partition coefficient (Wildman–Crippen LogP) is 5.06. The lowest BCUT2D eigenvalue weighted by molar-refractivity contribution is 0.171. The minimum absolute atomic E-state index is 0.00433. The molecule has 0 amide bonds. The Morgan fingerprint density at radius 1 is 1.00 bits per heavy atom. The fourth-order valence-corrected chi connectivity index (χ4v) is 3.09. The van der Waals surface area contributed by atoms with Gasteiger partial charge in [0.25, 0.3) is 0 Å². The monoisotopic (exact) mass is 388 g/mol. The molecule has 0 fully saturated rings. The van der Waals surface area contributed by atoms with Crippen molar-refractivity contribution in [1.82, 2.24) is 4.98 Å². The van der Waals surface area contributed by atoms with E-state index in [2.05, 4.69) is 10.3 Å². The standard InChI is InChI=1S/C20H15ClF2N2O2/c21-15-9-19-18(26-6-7-27-19)8-13(15)12-4-5-20(24-10-12)25-11-14-16(22)2-1-3-17(14)23/h1-5,8-10H,6-7,11H2,(H,24,25). The predicted molar refractivity (Wildman–Crippen MR) is 99.4 cm³/mol. The number of rotatable bonds is 4. The first kappa shape index (κ1) is 17.5. The average Bonchev–Trinajstić information content (AvgIpc) is 2.68. The van der Waals surface area contributed by atoms with E-state index in [1.54, 1.807) is 18.3 Å². The van der Waals surface area contributed by atoms with Crippen molar-refractivity contribution in [3.8, 4) is 22.6 Å². The lowest BCUT2D eigenvalue weighted by Gasteiger charge is -2.20. The Labute approximate surface area is 159 Å². The van der Waals surface area contributed by atoms with Crippen molar-refractivity contribution in [2.45, 2.75) is 6.54 Å². The summed E-state index contributed by atoms with van der Waals surface area (Å²) >= 11 is 6.35. The first-order chi connectivity index (χ1) is 13.1. The second-order valence-corrected chi connectivity index (χ2v) is 6.37. The molecule has 1 N–H and O–H groups in total. The minimum atomic E-state index is -0.595. The summed E-state index contributed by atoms with van der Waals surface area (Å²) in [6.45, 7) is 0.977. The third-order valence-corrected chi connectivity index (χ3v) is 4.53. The molecule has 0 aliphatic carbocycles. The molecule has 0 atom stereocenters. The zero-order valence-electron chi connectivity index (χ0n) is 14.1. The summed E-state index contributed by atoms with van der Waals surface area (Å²) in [5, 5.41) is 3.44. The highest BCUT2D eigenvalue weighted by Crippen LogP contribution is 2.39. The van der Waals surface area contributed by atoms with Crippen LogP contribution in [0.5, 0.6) is 11.5 Å². The van der Waals surface area contributed by atoms with E-state index < -0.39 is 11.6 Å². The van der Waals surface area contributed by atoms with Crippen LogP contribution in [0.15, 0.2) is 48.7 Å². The fraction of sp³-hybridized carbons (Fsp3) is 0.150. The molecular formula is C20H15ClF2N2O2. The smallest absolute Gasteiger partial charge is 0.162 e. The third kappa shape index (κ3) is 3.66.